The van der Waals surface area contributed by atoms with Crippen molar-refractivity contribution in [1.29, 1.82) is 0 Å². The molecule has 0 bridgehead atoms. The molecule has 0 aliphatic rings. The van der Waals surface area contributed by atoms with E-state index in [1.54, 1.807) is 0 Å². The predicted molar refractivity (Wildman–Crippen MR) is 67.9 cm³/mol. The van der Waals surface area contributed by atoms with Crippen LogP contribution in [0.5, 0.6) is 0 Å². The van der Waals surface area contributed by atoms with Crippen LogP contribution in [-0.4, -0.2) is 18.5 Å². The SMILES string of the molecule is CCNc1ccc(C(=O)NC(C)C)c(C)c1. The number of hydrogen-bond donors (Lipinski definition) is 2. The minimum atomic E-state index is -0.00412. The van der Waals surface area contributed by atoms with Gasteiger partial charge in [-0.15, -0.1) is 0 Å². The number of benzene rings is 1. The number of anilines is 1. The van der Waals surface area contributed by atoms with Gasteiger partial charge in [0.15, 0.2) is 0 Å². The van der Waals surface area contributed by atoms with Gasteiger partial charge in [-0.25, -0.2) is 0 Å². The monoisotopic (exact) mass is 220 g/mol. The molecule has 1 aromatic rings. The van der Waals surface area contributed by atoms with Gasteiger partial charge in [0.2, 0.25) is 0 Å². The van der Waals surface area contributed by atoms with Crippen molar-refractivity contribution >= 4 is 11.6 Å². The molecule has 0 unspecified atom stereocenters. The first-order valence-electron chi connectivity index (χ1n) is 5.70. The first-order chi connectivity index (χ1) is 7.54. The molecule has 1 aromatic carbocycles. The van der Waals surface area contributed by atoms with Crippen molar-refractivity contribution in [3.63, 3.8) is 0 Å². The van der Waals surface area contributed by atoms with Gasteiger partial charge in [-0.05, 0) is 51.5 Å². The molecule has 1 rings (SSSR count). The van der Waals surface area contributed by atoms with E-state index in [0.717, 1.165) is 23.4 Å². The van der Waals surface area contributed by atoms with E-state index >= 15 is 0 Å². The molecule has 1 amide bonds. The molecule has 0 saturated heterocycles. The molecule has 2 N–H and O–H groups in total. The average molecular weight is 220 g/mol. The molecular formula is C13H20N2O. The third-order valence-electron chi connectivity index (χ3n) is 2.27. The fraction of sp³-hybridized carbons (Fsp3) is 0.462. The van der Waals surface area contributed by atoms with Crippen molar-refractivity contribution in [3.8, 4) is 0 Å². The van der Waals surface area contributed by atoms with E-state index in [4.69, 9.17) is 0 Å². The molecule has 0 fully saturated rings. The molecular weight excluding hydrogens is 200 g/mol. The van der Waals surface area contributed by atoms with E-state index in [-0.39, 0.29) is 11.9 Å². The third-order valence-corrected chi connectivity index (χ3v) is 2.27. The highest BCUT2D eigenvalue weighted by Gasteiger charge is 2.09. The van der Waals surface area contributed by atoms with E-state index in [0.29, 0.717) is 0 Å². The van der Waals surface area contributed by atoms with Gasteiger partial charge in [0.25, 0.3) is 5.91 Å². The highest BCUT2D eigenvalue weighted by Crippen LogP contribution is 2.15. The summed E-state index contributed by atoms with van der Waals surface area (Å²) in [6, 6.07) is 5.97. The molecule has 3 nitrogen and oxygen atoms in total. The quantitative estimate of drug-likeness (QED) is 0.818. The Bertz CT molecular complexity index is 372. The average Bonchev–Trinajstić information content (AvgIpc) is 2.16. The van der Waals surface area contributed by atoms with Crippen LogP contribution in [0.2, 0.25) is 0 Å². The van der Waals surface area contributed by atoms with Crippen LogP contribution in [0.3, 0.4) is 0 Å². The summed E-state index contributed by atoms with van der Waals surface area (Å²) in [4.78, 5) is 11.8. The van der Waals surface area contributed by atoms with Crippen LogP contribution in [0.4, 0.5) is 5.69 Å². The van der Waals surface area contributed by atoms with Crippen LogP contribution in [0.1, 0.15) is 36.7 Å². The van der Waals surface area contributed by atoms with Crippen LogP contribution >= 0.6 is 0 Å². The molecule has 0 spiro atoms. The third kappa shape index (κ3) is 3.26. The van der Waals surface area contributed by atoms with E-state index in [1.165, 1.54) is 0 Å². The van der Waals surface area contributed by atoms with Crippen molar-refractivity contribution in [2.24, 2.45) is 0 Å². The van der Waals surface area contributed by atoms with E-state index < -0.39 is 0 Å². The Kier molecular flexibility index (Phi) is 4.35. The first kappa shape index (κ1) is 12.6. The minimum Gasteiger partial charge on any atom is -0.385 e. The molecule has 0 heterocycles. The van der Waals surface area contributed by atoms with Crippen molar-refractivity contribution < 1.29 is 4.79 Å². The molecule has 16 heavy (non-hydrogen) atoms. The molecule has 3 heteroatoms. The van der Waals surface area contributed by atoms with Gasteiger partial charge in [0, 0.05) is 23.8 Å². The zero-order valence-electron chi connectivity index (χ0n) is 10.4. The van der Waals surface area contributed by atoms with Crippen molar-refractivity contribution in [2.75, 3.05) is 11.9 Å². The maximum atomic E-state index is 11.8. The Balaban J connectivity index is 2.86. The second kappa shape index (κ2) is 5.54. The van der Waals surface area contributed by atoms with Gasteiger partial charge >= 0.3 is 0 Å². The number of amides is 1. The molecule has 0 saturated carbocycles. The Morgan fingerprint density at radius 1 is 1.38 bits per heavy atom. The summed E-state index contributed by atoms with van der Waals surface area (Å²) in [5, 5.41) is 6.12. The zero-order valence-corrected chi connectivity index (χ0v) is 10.4. The van der Waals surface area contributed by atoms with E-state index in [9.17, 15) is 4.79 Å². The lowest BCUT2D eigenvalue weighted by molar-refractivity contribution is 0.0942. The van der Waals surface area contributed by atoms with Gasteiger partial charge in [-0.1, -0.05) is 0 Å². The van der Waals surface area contributed by atoms with Gasteiger partial charge in [-0.2, -0.15) is 0 Å². The van der Waals surface area contributed by atoms with Crippen LogP contribution in [-0.2, 0) is 0 Å². The Morgan fingerprint density at radius 3 is 2.56 bits per heavy atom. The smallest absolute Gasteiger partial charge is 0.251 e. The van der Waals surface area contributed by atoms with Crippen molar-refractivity contribution in [1.82, 2.24) is 5.32 Å². The van der Waals surface area contributed by atoms with Gasteiger partial charge in [0.05, 0.1) is 0 Å². The highest BCUT2D eigenvalue weighted by atomic mass is 16.1. The lowest BCUT2D eigenvalue weighted by Gasteiger charge is -2.12. The summed E-state index contributed by atoms with van der Waals surface area (Å²) >= 11 is 0. The van der Waals surface area contributed by atoms with Gasteiger partial charge in [-0.3, -0.25) is 4.79 Å². The van der Waals surface area contributed by atoms with Crippen LogP contribution in [0.15, 0.2) is 18.2 Å². The summed E-state index contributed by atoms with van der Waals surface area (Å²) in [7, 11) is 0. The normalized spacial score (nSPS) is 10.3. The fourth-order valence-corrected chi connectivity index (χ4v) is 1.57. The number of aryl methyl sites for hydroxylation is 1. The topological polar surface area (TPSA) is 41.1 Å². The summed E-state index contributed by atoms with van der Waals surface area (Å²) in [6.07, 6.45) is 0. The number of carbonyl (C=O) groups excluding carboxylic acids is 1. The number of nitrogens with one attached hydrogen (secondary N) is 2. The summed E-state index contributed by atoms with van der Waals surface area (Å²) in [5.74, 6) is -0.00412. The first-order valence-corrected chi connectivity index (χ1v) is 5.70. The standard InChI is InChI=1S/C13H20N2O/c1-5-14-11-6-7-12(10(4)8-11)13(16)15-9(2)3/h6-9,14H,5H2,1-4H3,(H,15,16). The van der Waals surface area contributed by atoms with E-state index in [2.05, 4.69) is 17.6 Å². The Hall–Kier alpha value is -1.51. The largest absolute Gasteiger partial charge is 0.385 e. The van der Waals surface area contributed by atoms with Crippen LogP contribution in [0.25, 0.3) is 0 Å². The molecule has 0 radical (unpaired) electrons. The summed E-state index contributed by atoms with van der Waals surface area (Å²) in [5.41, 5.74) is 2.80. The van der Waals surface area contributed by atoms with Gasteiger partial charge in [0.1, 0.15) is 0 Å². The zero-order chi connectivity index (χ0) is 12.1. The van der Waals surface area contributed by atoms with Crippen molar-refractivity contribution in [2.45, 2.75) is 33.7 Å². The van der Waals surface area contributed by atoms with Crippen LogP contribution < -0.4 is 10.6 Å². The second-order valence-corrected chi connectivity index (χ2v) is 4.19. The van der Waals surface area contributed by atoms with Crippen LogP contribution in [0, 0.1) is 6.92 Å². The molecule has 88 valence electrons. The maximum Gasteiger partial charge on any atom is 0.251 e. The summed E-state index contributed by atoms with van der Waals surface area (Å²) in [6.45, 7) is 8.81. The lowest BCUT2D eigenvalue weighted by atomic mass is 10.1. The van der Waals surface area contributed by atoms with E-state index in [1.807, 2.05) is 39.0 Å². The number of hydrogen-bond acceptors (Lipinski definition) is 2. The Morgan fingerprint density at radius 2 is 2.06 bits per heavy atom. The molecule has 0 aliphatic heterocycles. The predicted octanol–water partition coefficient (Wildman–Crippen LogP) is 2.57. The maximum absolute atomic E-state index is 11.8. The van der Waals surface area contributed by atoms with Crippen molar-refractivity contribution in [3.05, 3.63) is 29.3 Å². The second-order valence-electron chi connectivity index (χ2n) is 4.19. The lowest BCUT2D eigenvalue weighted by Crippen LogP contribution is -2.30. The summed E-state index contributed by atoms with van der Waals surface area (Å²) < 4.78 is 0. The van der Waals surface area contributed by atoms with Gasteiger partial charge < -0.3 is 10.6 Å². The molecule has 0 aliphatic carbocycles. The number of carbonyl (C=O) groups is 1. The minimum absolute atomic E-state index is 0.00412. The Labute approximate surface area is 97.2 Å². The highest BCUT2D eigenvalue weighted by molar-refractivity contribution is 5.96. The fourth-order valence-electron chi connectivity index (χ4n) is 1.57. The molecule has 0 aromatic heterocycles. The number of rotatable bonds is 4. The molecule has 0 atom stereocenters.